The van der Waals surface area contributed by atoms with Crippen molar-refractivity contribution in [3.05, 3.63) is 0 Å². The summed E-state index contributed by atoms with van der Waals surface area (Å²) in [6.45, 7) is 7.15. The number of hydrogen-bond acceptors (Lipinski definition) is 15. The van der Waals surface area contributed by atoms with E-state index in [4.69, 9.17) is 37.0 Å². The van der Waals surface area contributed by atoms with Crippen LogP contribution in [0.15, 0.2) is 0 Å². The zero-order chi connectivity index (χ0) is 59.9. The van der Waals surface area contributed by atoms with Crippen molar-refractivity contribution in [2.24, 2.45) is 5.92 Å². The van der Waals surface area contributed by atoms with Gasteiger partial charge in [-0.15, -0.1) is 0 Å². The van der Waals surface area contributed by atoms with E-state index in [1.165, 1.54) is 122 Å². The summed E-state index contributed by atoms with van der Waals surface area (Å²) >= 11 is 0. The summed E-state index contributed by atoms with van der Waals surface area (Å²) in [7, 11) is -9.88. The average Bonchev–Trinajstić information content (AvgIpc) is 3.45. The highest BCUT2D eigenvalue weighted by Gasteiger charge is 2.30. The minimum atomic E-state index is -4.94. The number of unbranched alkanes of at least 4 members (excludes halogenated alkanes) is 33. The molecule has 0 aromatic heterocycles. The molecule has 0 saturated heterocycles. The molecule has 0 aromatic carbocycles. The van der Waals surface area contributed by atoms with Crippen LogP contribution in [-0.2, 0) is 65.4 Å². The van der Waals surface area contributed by atoms with E-state index in [0.717, 1.165) is 109 Å². The van der Waals surface area contributed by atoms with Crippen molar-refractivity contribution in [2.75, 3.05) is 39.6 Å². The zero-order valence-corrected chi connectivity index (χ0v) is 53.7. The molecule has 0 aliphatic rings. The van der Waals surface area contributed by atoms with Gasteiger partial charge in [0.1, 0.15) is 19.3 Å². The smallest absolute Gasteiger partial charge is 0.462 e. The number of rotatable bonds is 62. The number of phosphoric ester groups is 2. The average molecular weight is 1200 g/mol. The van der Waals surface area contributed by atoms with Gasteiger partial charge >= 0.3 is 39.5 Å². The van der Waals surface area contributed by atoms with E-state index in [1.54, 1.807) is 0 Å². The molecule has 19 heteroatoms. The van der Waals surface area contributed by atoms with Gasteiger partial charge in [0, 0.05) is 25.7 Å². The molecule has 0 aromatic rings. The maximum absolute atomic E-state index is 13.0. The van der Waals surface area contributed by atoms with Crippen LogP contribution in [0.2, 0.25) is 0 Å². The van der Waals surface area contributed by atoms with Gasteiger partial charge in [0.05, 0.1) is 26.4 Å². The molecule has 0 amide bonds. The molecule has 0 aliphatic carbocycles. The fourth-order valence-electron chi connectivity index (χ4n) is 9.20. The standard InChI is InChI=1S/C62H120O17P2/c1-6-10-13-16-19-21-26-31-36-41-46-60(65)73-52-58(79-62(67)48-43-38-33-28-24-23-25-30-34-39-44-55(5)9-4)54-77-81(70,71)75-50-56(63)49-74-80(68,69)76-53-57(51-72-59(64)45-40-35-29-18-15-12-8-3)78-61(66)47-42-37-32-27-22-20-17-14-11-7-2/h55-58,63H,6-54H2,1-5H3,(H,68,69)(H,70,71)/t55?,56-,57+,58+/m0/s1. The first-order valence-electron chi connectivity index (χ1n) is 32.7. The second-order valence-electron chi connectivity index (χ2n) is 22.7. The quantitative estimate of drug-likeness (QED) is 0.0222. The number of phosphoric acid groups is 2. The van der Waals surface area contributed by atoms with Gasteiger partial charge in [-0.05, 0) is 31.6 Å². The van der Waals surface area contributed by atoms with Gasteiger partial charge in [-0.2, -0.15) is 0 Å². The van der Waals surface area contributed by atoms with Crippen molar-refractivity contribution in [1.29, 1.82) is 0 Å². The predicted octanol–water partition coefficient (Wildman–Crippen LogP) is 17.0. The van der Waals surface area contributed by atoms with E-state index in [9.17, 15) is 43.2 Å². The molecular formula is C62H120O17P2. The van der Waals surface area contributed by atoms with Crippen molar-refractivity contribution in [3.8, 4) is 0 Å². The molecule has 0 saturated carbocycles. The Kier molecular flexibility index (Phi) is 54.6. The van der Waals surface area contributed by atoms with E-state index in [0.29, 0.717) is 25.7 Å². The number of ether oxygens (including phenoxy) is 4. The Hall–Kier alpha value is -1.94. The van der Waals surface area contributed by atoms with E-state index in [-0.39, 0.29) is 25.7 Å². The molecule has 3 N–H and O–H groups in total. The van der Waals surface area contributed by atoms with E-state index >= 15 is 0 Å². The monoisotopic (exact) mass is 1200 g/mol. The maximum atomic E-state index is 13.0. The Morgan fingerprint density at radius 3 is 0.877 bits per heavy atom. The van der Waals surface area contributed by atoms with Crippen molar-refractivity contribution in [1.82, 2.24) is 0 Å². The first kappa shape index (κ1) is 79.1. The minimum Gasteiger partial charge on any atom is -0.462 e. The van der Waals surface area contributed by atoms with Gasteiger partial charge in [-0.1, -0.05) is 259 Å². The van der Waals surface area contributed by atoms with Crippen LogP contribution in [0.3, 0.4) is 0 Å². The summed E-state index contributed by atoms with van der Waals surface area (Å²) in [5, 5.41) is 10.5. The third-order valence-corrected chi connectivity index (χ3v) is 16.5. The predicted molar refractivity (Wildman–Crippen MR) is 322 cm³/mol. The van der Waals surface area contributed by atoms with Crippen LogP contribution >= 0.6 is 15.6 Å². The molecule has 0 spiro atoms. The van der Waals surface area contributed by atoms with E-state index in [2.05, 4.69) is 34.6 Å². The van der Waals surface area contributed by atoms with Gasteiger partial charge in [0.15, 0.2) is 12.2 Å². The first-order valence-corrected chi connectivity index (χ1v) is 35.7. The van der Waals surface area contributed by atoms with Crippen LogP contribution in [0.1, 0.15) is 311 Å². The molecule has 0 fully saturated rings. The minimum absolute atomic E-state index is 0.106. The highest BCUT2D eigenvalue weighted by atomic mass is 31.2. The highest BCUT2D eigenvalue weighted by Crippen LogP contribution is 2.45. The molecular weight excluding hydrogens is 1080 g/mol. The number of aliphatic hydroxyl groups is 1. The molecule has 81 heavy (non-hydrogen) atoms. The summed E-state index contributed by atoms with van der Waals surface area (Å²) in [4.78, 5) is 72.0. The fraction of sp³-hybridized carbons (Fsp3) is 0.935. The van der Waals surface area contributed by atoms with Gasteiger partial charge in [0.25, 0.3) is 0 Å². The van der Waals surface area contributed by atoms with Crippen LogP contribution in [-0.4, -0.2) is 96.7 Å². The second kappa shape index (κ2) is 55.9. The summed E-state index contributed by atoms with van der Waals surface area (Å²) in [5.41, 5.74) is 0. The second-order valence-corrected chi connectivity index (χ2v) is 25.6. The molecule has 480 valence electrons. The normalized spacial score (nSPS) is 14.6. The van der Waals surface area contributed by atoms with Crippen molar-refractivity contribution in [3.63, 3.8) is 0 Å². The van der Waals surface area contributed by atoms with Crippen molar-refractivity contribution < 1.29 is 80.2 Å². The molecule has 6 atom stereocenters. The van der Waals surface area contributed by atoms with Crippen molar-refractivity contribution >= 4 is 39.5 Å². The van der Waals surface area contributed by atoms with Crippen molar-refractivity contribution in [2.45, 2.75) is 329 Å². The van der Waals surface area contributed by atoms with E-state index < -0.39 is 97.5 Å². The number of hydrogen-bond donors (Lipinski definition) is 3. The Morgan fingerprint density at radius 2 is 0.593 bits per heavy atom. The number of esters is 4. The van der Waals surface area contributed by atoms with Crippen LogP contribution in [0, 0.1) is 5.92 Å². The van der Waals surface area contributed by atoms with Gasteiger partial charge in [0.2, 0.25) is 0 Å². The summed E-state index contributed by atoms with van der Waals surface area (Å²) in [6, 6.07) is 0. The lowest BCUT2D eigenvalue weighted by Crippen LogP contribution is -2.30. The summed E-state index contributed by atoms with van der Waals surface area (Å²) in [6.07, 6.45) is 38.9. The lowest BCUT2D eigenvalue weighted by Gasteiger charge is -2.21. The summed E-state index contributed by atoms with van der Waals surface area (Å²) in [5.74, 6) is -1.34. The van der Waals surface area contributed by atoms with Gasteiger partial charge < -0.3 is 33.8 Å². The van der Waals surface area contributed by atoms with E-state index in [1.807, 2.05) is 0 Å². The third-order valence-electron chi connectivity index (χ3n) is 14.6. The molecule has 0 radical (unpaired) electrons. The lowest BCUT2D eigenvalue weighted by atomic mass is 9.99. The topological polar surface area (TPSA) is 237 Å². The number of carbonyl (C=O) groups is 4. The Morgan fingerprint density at radius 1 is 0.346 bits per heavy atom. The first-order chi connectivity index (χ1) is 39.1. The third kappa shape index (κ3) is 55.7. The highest BCUT2D eigenvalue weighted by molar-refractivity contribution is 7.47. The van der Waals surface area contributed by atoms with Gasteiger partial charge in [-0.25, -0.2) is 9.13 Å². The largest absolute Gasteiger partial charge is 0.472 e. The van der Waals surface area contributed by atoms with Crippen LogP contribution < -0.4 is 0 Å². The molecule has 0 aliphatic heterocycles. The maximum Gasteiger partial charge on any atom is 0.472 e. The lowest BCUT2D eigenvalue weighted by molar-refractivity contribution is -0.161. The molecule has 3 unspecified atom stereocenters. The zero-order valence-electron chi connectivity index (χ0n) is 51.9. The summed E-state index contributed by atoms with van der Waals surface area (Å²) < 4.78 is 67.8. The van der Waals surface area contributed by atoms with Crippen LogP contribution in [0.25, 0.3) is 0 Å². The van der Waals surface area contributed by atoms with Gasteiger partial charge in [-0.3, -0.25) is 37.3 Å². The Balaban J connectivity index is 5.21. The Bertz CT molecular complexity index is 1590. The Labute approximate surface area is 492 Å². The molecule has 0 rings (SSSR count). The molecule has 0 heterocycles. The number of aliphatic hydroxyl groups excluding tert-OH is 1. The molecule has 17 nitrogen and oxygen atoms in total. The number of carbonyl (C=O) groups excluding carboxylic acids is 4. The molecule has 0 bridgehead atoms. The van der Waals surface area contributed by atoms with Crippen LogP contribution in [0.5, 0.6) is 0 Å². The van der Waals surface area contributed by atoms with Crippen LogP contribution in [0.4, 0.5) is 0 Å². The SMILES string of the molecule is CCCCCCCCCCCCC(=O)OC[C@H](COP(=O)(O)OC[C@@H](O)COP(=O)(O)OC[C@@H](COC(=O)CCCCCCCCC)OC(=O)CCCCCCCCCCCC)OC(=O)CCCCCCCCCCCCC(C)CC. The fourth-order valence-corrected chi connectivity index (χ4v) is 10.8.